The van der Waals surface area contributed by atoms with Crippen molar-refractivity contribution in [3.8, 4) is 0 Å². The molecule has 0 spiro atoms. The molecular weight excluding hydrogens is 252 g/mol. The first-order chi connectivity index (χ1) is 9.03. The number of aromatic nitrogens is 2. The summed E-state index contributed by atoms with van der Waals surface area (Å²) >= 11 is 0. The molecular formula is C11H10N4O4. The van der Waals surface area contributed by atoms with Crippen LogP contribution in [-0.4, -0.2) is 39.5 Å². The van der Waals surface area contributed by atoms with Crippen molar-refractivity contribution in [3.05, 3.63) is 41.4 Å². The Balaban J connectivity index is 2.28. The molecule has 1 aromatic carbocycles. The molecule has 0 saturated carbocycles. The third kappa shape index (κ3) is 2.88. The number of quaternary nitrogens is 1. The lowest BCUT2D eigenvalue weighted by molar-refractivity contribution is -1.01. The molecule has 2 rings (SSSR count). The van der Waals surface area contributed by atoms with E-state index in [0.717, 1.165) is 13.3 Å². The molecule has 1 heterocycles. The average Bonchev–Trinajstić information content (AvgIpc) is 2.44. The zero-order valence-electron chi connectivity index (χ0n) is 9.92. The fourth-order valence-electron chi connectivity index (χ4n) is 1.34. The molecule has 0 aliphatic carbocycles. The summed E-state index contributed by atoms with van der Waals surface area (Å²) in [7, 11) is 0.967. The highest BCUT2D eigenvalue weighted by atomic mass is 16.9. The standard InChI is InChI=1S/C11H10N4O4/c1-19-11(16)15(17,18)13-7-8-6-12-9-4-2-3-5-10(9)14-8/h2-7,17H,1H3. The van der Waals surface area contributed by atoms with Gasteiger partial charge in [-0.05, 0) is 17.2 Å². The van der Waals surface area contributed by atoms with Crippen molar-refractivity contribution in [2.45, 2.75) is 0 Å². The number of carbonyl (C=O) groups excluding carboxylic acids is 1. The monoisotopic (exact) mass is 262 g/mol. The summed E-state index contributed by atoms with van der Waals surface area (Å²) in [5.74, 6) is 0. The first kappa shape index (κ1) is 13.0. The van der Waals surface area contributed by atoms with Crippen molar-refractivity contribution in [3.63, 3.8) is 0 Å². The number of carbonyl (C=O) groups is 1. The first-order valence-electron chi connectivity index (χ1n) is 5.21. The maximum Gasteiger partial charge on any atom is 0.578 e. The van der Waals surface area contributed by atoms with E-state index in [2.05, 4.69) is 19.8 Å². The molecule has 0 aliphatic heterocycles. The molecule has 0 aliphatic rings. The van der Waals surface area contributed by atoms with Crippen molar-refractivity contribution in [2.24, 2.45) is 5.10 Å². The number of methoxy groups -OCH3 is 1. The van der Waals surface area contributed by atoms with Crippen molar-refractivity contribution in [2.75, 3.05) is 7.11 Å². The normalized spacial score (nSPS) is 14.5. The van der Waals surface area contributed by atoms with E-state index in [-0.39, 0.29) is 5.69 Å². The number of amides is 1. The SMILES string of the molecule is COC(=O)[N+]([O-])(O)N=Cc1cnc2ccccc2n1. The molecule has 19 heavy (non-hydrogen) atoms. The third-order valence-corrected chi connectivity index (χ3v) is 2.23. The Bertz CT molecular complexity index is 641. The highest BCUT2D eigenvalue weighted by Crippen LogP contribution is 2.08. The van der Waals surface area contributed by atoms with E-state index in [1.54, 1.807) is 18.2 Å². The van der Waals surface area contributed by atoms with Crippen molar-refractivity contribution >= 4 is 23.3 Å². The average molecular weight is 262 g/mol. The fraction of sp³-hybridized carbons (Fsp3) is 0.0909. The molecule has 0 saturated heterocycles. The van der Waals surface area contributed by atoms with E-state index in [1.165, 1.54) is 6.20 Å². The van der Waals surface area contributed by atoms with Crippen LogP contribution in [0.2, 0.25) is 0 Å². The number of nitrogens with zero attached hydrogens (tertiary/aromatic N) is 4. The van der Waals surface area contributed by atoms with E-state index >= 15 is 0 Å². The van der Waals surface area contributed by atoms with Gasteiger partial charge in [0.1, 0.15) is 11.9 Å². The summed E-state index contributed by atoms with van der Waals surface area (Å²) in [4.78, 5) is 16.6. The number of hydroxylamine groups is 2. The lowest BCUT2D eigenvalue weighted by atomic mass is 10.3. The number of hydrogen-bond donors (Lipinski definition) is 1. The van der Waals surface area contributed by atoms with Crippen LogP contribution in [0.5, 0.6) is 0 Å². The summed E-state index contributed by atoms with van der Waals surface area (Å²) < 4.78 is 4.09. The molecule has 1 aromatic heterocycles. The number of ether oxygens (including phenoxy) is 1. The van der Waals surface area contributed by atoms with E-state index < -0.39 is 11.0 Å². The fourth-order valence-corrected chi connectivity index (χ4v) is 1.34. The van der Waals surface area contributed by atoms with Gasteiger partial charge in [-0.25, -0.2) is 4.98 Å². The molecule has 8 heteroatoms. The Kier molecular flexibility index (Phi) is 3.47. The minimum absolute atomic E-state index is 0.231. The predicted molar refractivity (Wildman–Crippen MR) is 65.0 cm³/mol. The molecule has 0 bridgehead atoms. The second kappa shape index (κ2) is 5.06. The van der Waals surface area contributed by atoms with Crippen LogP contribution < -0.4 is 0 Å². The Morgan fingerprint density at radius 2 is 2.16 bits per heavy atom. The van der Waals surface area contributed by atoms with Crippen molar-refractivity contribution in [1.29, 1.82) is 0 Å². The molecule has 0 fully saturated rings. The highest BCUT2D eigenvalue weighted by Gasteiger charge is 2.27. The summed E-state index contributed by atoms with van der Waals surface area (Å²) in [5, 5.41) is 23.5. The van der Waals surface area contributed by atoms with Gasteiger partial charge in [0, 0.05) is 4.92 Å². The number of benzene rings is 1. The summed E-state index contributed by atoms with van der Waals surface area (Å²) in [6.45, 7) is 0. The quantitative estimate of drug-likeness (QED) is 0.379. The van der Waals surface area contributed by atoms with Gasteiger partial charge >= 0.3 is 6.09 Å². The van der Waals surface area contributed by atoms with Gasteiger partial charge in [0.05, 0.1) is 24.3 Å². The maximum atomic E-state index is 11.2. The second-order valence-corrected chi connectivity index (χ2v) is 3.54. The van der Waals surface area contributed by atoms with E-state index in [4.69, 9.17) is 5.21 Å². The van der Waals surface area contributed by atoms with Gasteiger partial charge in [-0.15, -0.1) is 0 Å². The lowest BCUT2D eigenvalue weighted by Gasteiger charge is -2.19. The first-order valence-corrected chi connectivity index (χ1v) is 5.21. The molecule has 2 aromatic rings. The van der Waals surface area contributed by atoms with Crippen LogP contribution in [0.4, 0.5) is 4.79 Å². The van der Waals surface area contributed by atoms with Crippen molar-refractivity contribution in [1.82, 2.24) is 9.97 Å². The molecule has 1 N–H and O–H groups in total. The largest absolute Gasteiger partial charge is 0.578 e. The number of rotatable bonds is 2. The number of fused-ring (bicyclic) bond motifs is 1. The zero-order valence-corrected chi connectivity index (χ0v) is 9.92. The maximum absolute atomic E-state index is 11.2. The van der Waals surface area contributed by atoms with Gasteiger partial charge in [-0.1, -0.05) is 12.1 Å². The minimum Gasteiger partial charge on any atom is -0.560 e. The van der Waals surface area contributed by atoms with Gasteiger partial charge in [0.2, 0.25) is 0 Å². The third-order valence-electron chi connectivity index (χ3n) is 2.23. The van der Waals surface area contributed by atoms with Crippen LogP contribution in [0.3, 0.4) is 0 Å². The minimum atomic E-state index is -2.51. The number of para-hydroxylation sites is 2. The molecule has 8 nitrogen and oxygen atoms in total. The lowest BCUT2D eigenvalue weighted by Crippen LogP contribution is -2.39. The van der Waals surface area contributed by atoms with Crippen LogP contribution in [0.15, 0.2) is 35.6 Å². The van der Waals surface area contributed by atoms with E-state index in [0.29, 0.717) is 11.0 Å². The van der Waals surface area contributed by atoms with E-state index in [9.17, 15) is 10.0 Å². The molecule has 0 radical (unpaired) electrons. The molecule has 1 amide bonds. The zero-order chi connectivity index (χ0) is 13.9. The van der Waals surface area contributed by atoms with Crippen LogP contribution in [0.25, 0.3) is 11.0 Å². The van der Waals surface area contributed by atoms with Gasteiger partial charge in [-0.3, -0.25) is 4.98 Å². The van der Waals surface area contributed by atoms with Crippen LogP contribution in [-0.2, 0) is 4.74 Å². The summed E-state index contributed by atoms with van der Waals surface area (Å²) in [6, 6.07) is 7.11. The smallest absolute Gasteiger partial charge is 0.560 e. The highest BCUT2D eigenvalue weighted by molar-refractivity contribution is 5.81. The Morgan fingerprint density at radius 3 is 2.84 bits per heavy atom. The summed E-state index contributed by atoms with van der Waals surface area (Å²) in [6.07, 6.45) is 0.858. The van der Waals surface area contributed by atoms with Gasteiger partial charge in [0.15, 0.2) is 0 Å². The molecule has 1 unspecified atom stereocenters. The predicted octanol–water partition coefficient (Wildman–Crippen LogP) is 1.43. The Hall–Kier alpha value is -2.42. The molecule has 1 atom stereocenters. The Morgan fingerprint density at radius 1 is 1.47 bits per heavy atom. The van der Waals surface area contributed by atoms with Crippen molar-refractivity contribution < 1.29 is 19.7 Å². The second-order valence-electron chi connectivity index (χ2n) is 3.54. The van der Waals surface area contributed by atoms with E-state index in [1.807, 2.05) is 6.07 Å². The topological polar surface area (TPSA) is 108 Å². The Labute approximate surface area is 107 Å². The molecule has 98 valence electrons. The number of hydrogen-bond acceptors (Lipinski definition) is 7. The van der Waals surface area contributed by atoms with Crippen LogP contribution in [0.1, 0.15) is 5.69 Å². The van der Waals surface area contributed by atoms with Gasteiger partial charge < -0.3 is 9.94 Å². The van der Waals surface area contributed by atoms with Gasteiger partial charge in [-0.2, -0.15) is 10.0 Å². The van der Waals surface area contributed by atoms with Crippen LogP contribution in [0, 0.1) is 5.21 Å². The van der Waals surface area contributed by atoms with Crippen LogP contribution >= 0.6 is 0 Å². The van der Waals surface area contributed by atoms with Gasteiger partial charge in [0.25, 0.3) is 0 Å². The summed E-state index contributed by atoms with van der Waals surface area (Å²) in [5.41, 5.74) is 1.51.